The van der Waals surface area contributed by atoms with E-state index in [0.717, 1.165) is 40.7 Å². The number of hydrogen-bond donors (Lipinski definition) is 1. The number of amides is 1. The van der Waals surface area contributed by atoms with E-state index < -0.39 is 0 Å². The first-order valence-electron chi connectivity index (χ1n) is 11.3. The maximum absolute atomic E-state index is 12.9. The Hall–Kier alpha value is -3.01. The molecule has 1 aliphatic carbocycles. The van der Waals surface area contributed by atoms with Crippen molar-refractivity contribution in [3.8, 4) is 11.5 Å². The Bertz CT molecular complexity index is 1020. The van der Waals surface area contributed by atoms with Gasteiger partial charge in [0.2, 0.25) is 0 Å². The number of carbonyl (C=O) groups is 1. The highest BCUT2D eigenvalue weighted by Gasteiger charge is 2.17. The van der Waals surface area contributed by atoms with E-state index in [1.165, 1.54) is 32.1 Å². The van der Waals surface area contributed by atoms with Gasteiger partial charge in [-0.15, -0.1) is 0 Å². The summed E-state index contributed by atoms with van der Waals surface area (Å²) in [6.07, 6.45) is 8.38. The Morgan fingerprint density at radius 1 is 0.903 bits per heavy atom. The molecule has 162 valence electrons. The van der Waals surface area contributed by atoms with E-state index in [1.54, 1.807) is 7.11 Å². The molecule has 1 N–H and O–H groups in total. The normalized spacial score (nSPS) is 15.1. The molecule has 0 spiro atoms. The van der Waals surface area contributed by atoms with Gasteiger partial charge in [-0.1, -0.05) is 68.5 Å². The van der Waals surface area contributed by atoms with E-state index in [-0.39, 0.29) is 11.9 Å². The van der Waals surface area contributed by atoms with Crippen LogP contribution in [0.4, 0.5) is 0 Å². The average molecular weight is 418 g/mol. The molecule has 0 bridgehead atoms. The van der Waals surface area contributed by atoms with E-state index in [0.29, 0.717) is 12.2 Å². The van der Waals surface area contributed by atoms with Crippen LogP contribution < -0.4 is 14.8 Å². The van der Waals surface area contributed by atoms with Gasteiger partial charge in [-0.2, -0.15) is 0 Å². The molecule has 1 aliphatic rings. The largest absolute Gasteiger partial charge is 0.496 e. The van der Waals surface area contributed by atoms with E-state index in [4.69, 9.17) is 9.47 Å². The maximum Gasteiger partial charge on any atom is 0.251 e. The van der Waals surface area contributed by atoms with E-state index in [2.05, 4.69) is 23.5 Å². The van der Waals surface area contributed by atoms with Crippen LogP contribution in [0.2, 0.25) is 0 Å². The van der Waals surface area contributed by atoms with Crippen LogP contribution in [-0.4, -0.2) is 19.1 Å². The summed E-state index contributed by atoms with van der Waals surface area (Å²) in [5.74, 6) is 1.53. The summed E-state index contributed by atoms with van der Waals surface area (Å²) in [6.45, 7) is 0.335. The summed E-state index contributed by atoms with van der Waals surface area (Å²) < 4.78 is 11.7. The molecule has 0 atom stereocenters. The average Bonchev–Trinajstić information content (AvgIpc) is 2.79. The zero-order valence-electron chi connectivity index (χ0n) is 18.2. The number of hydrogen-bond acceptors (Lipinski definition) is 3. The van der Waals surface area contributed by atoms with E-state index >= 15 is 0 Å². The SMILES string of the molecule is COc1ccc(C(=O)NC2CCCCCCC2)cc1COc1cccc2ccccc12. The molecular formula is C27H31NO3. The van der Waals surface area contributed by atoms with Gasteiger partial charge in [0.05, 0.1) is 7.11 Å². The van der Waals surface area contributed by atoms with Crippen molar-refractivity contribution < 1.29 is 14.3 Å². The maximum atomic E-state index is 12.9. The number of methoxy groups -OCH3 is 1. The van der Waals surface area contributed by atoms with Crippen LogP contribution in [0.25, 0.3) is 10.8 Å². The topological polar surface area (TPSA) is 47.6 Å². The zero-order chi connectivity index (χ0) is 21.5. The second-order valence-corrected chi connectivity index (χ2v) is 8.31. The zero-order valence-corrected chi connectivity index (χ0v) is 18.2. The van der Waals surface area contributed by atoms with Crippen LogP contribution in [0.5, 0.6) is 11.5 Å². The Labute approximate surface area is 184 Å². The van der Waals surface area contributed by atoms with Gasteiger partial charge in [-0.25, -0.2) is 0 Å². The van der Waals surface area contributed by atoms with Crippen molar-refractivity contribution in [1.82, 2.24) is 5.32 Å². The van der Waals surface area contributed by atoms with Crippen molar-refractivity contribution in [2.45, 2.75) is 57.6 Å². The van der Waals surface area contributed by atoms with Gasteiger partial charge in [0.25, 0.3) is 5.91 Å². The van der Waals surface area contributed by atoms with Crippen LogP contribution in [0.15, 0.2) is 60.7 Å². The minimum Gasteiger partial charge on any atom is -0.496 e. The van der Waals surface area contributed by atoms with Gasteiger partial charge in [0.1, 0.15) is 18.1 Å². The van der Waals surface area contributed by atoms with Gasteiger partial charge in [0.15, 0.2) is 0 Å². The highest BCUT2D eigenvalue weighted by molar-refractivity contribution is 5.94. The lowest BCUT2D eigenvalue weighted by Crippen LogP contribution is -2.35. The number of carbonyl (C=O) groups excluding carboxylic acids is 1. The highest BCUT2D eigenvalue weighted by Crippen LogP contribution is 2.28. The monoisotopic (exact) mass is 417 g/mol. The molecule has 1 fully saturated rings. The fourth-order valence-electron chi connectivity index (χ4n) is 4.38. The Balaban J connectivity index is 1.48. The van der Waals surface area contributed by atoms with Crippen molar-refractivity contribution >= 4 is 16.7 Å². The Kier molecular flexibility index (Phi) is 7.08. The molecule has 3 aromatic carbocycles. The highest BCUT2D eigenvalue weighted by atomic mass is 16.5. The second kappa shape index (κ2) is 10.3. The lowest BCUT2D eigenvalue weighted by molar-refractivity contribution is 0.0930. The first-order chi connectivity index (χ1) is 15.2. The van der Waals surface area contributed by atoms with Crippen molar-refractivity contribution in [2.24, 2.45) is 0 Å². The second-order valence-electron chi connectivity index (χ2n) is 8.31. The van der Waals surface area contributed by atoms with Crippen molar-refractivity contribution in [1.29, 1.82) is 0 Å². The third kappa shape index (κ3) is 5.38. The standard InChI is InChI=1S/C27H31NO3/c1-30-25-17-16-21(27(29)28-23-12-5-3-2-4-6-13-23)18-22(25)19-31-26-15-9-11-20-10-7-8-14-24(20)26/h7-11,14-18,23H,2-6,12-13,19H2,1H3,(H,28,29). The van der Waals surface area contributed by atoms with E-state index in [1.807, 2.05) is 42.5 Å². The first kappa shape index (κ1) is 21.2. The summed E-state index contributed by atoms with van der Waals surface area (Å²) in [7, 11) is 1.64. The van der Waals surface area contributed by atoms with Crippen molar-refractivity contribution in [2.75, 3.05) is 7.11 Å². The van der Waals surface area contributed by atoms with Gasteiger partial charge in [0, 0.05) is 22.6 Å². The lowest BCUT2D eigenvalue weighted by Gasteiger charge is -2.21. The number of rotatable bonds is 6. The minimum atomic E-state index is -0.0142. The van der Waals surface area contributed by atoms with Crippen LogP contribution in [-0.2, 0) is 6.61 Å². The molecule has 1 saturated carbocycles. The number of ether oxygens (including phenoxy) is 2. The van der Waals surface area contributed by atoms with Crippen LogP contribution in [0, 0.1) is 0 Å². The summed E-state index contributed by atoms with van der Waals surface area (Å²) in [5, 5.41) is 5.45. The Morgan fingerprint density at radius 2 is 1.65 bits per heavy atom. The fourth-order valence-corrected chi connectivity index (χ4v) is 4.38. The predicted octanol–water partition coefficient (Wildman–Crippen LogP) is 6.27. The third-order valence-corrected chi connectivity index (χ3v) is 6.12. The van der Waals surface area contributed by atoms with Gasteiger partial charge in [-0.05, 0) is 42.5 Å². The molecule has 0 aliphatic heterocycles. The summed E-state index contributed by atoms with van der Waals surface area (Å²) in [5.41, 5.74) is 1.51. The minimum absolute atomic E-state index is 0.0142. The molecule has 31 heavy (non-hydrogen) atoms. The quantitative estimate of drug-likeness (QED) is 0.514. The molecule has 4 nitrogen and oxygen atoms in total. The molecule has 0 radical (unpaired) electrons. The number of nitrogens with one attached hydrogen (secondary N) is 1. The number of fused-ring (bicyclic) bond motifs is 1. The van der Waals surface area contributed by atoms with Crippen molar-refractivity contribution in [3.05, 3.63) is 71.8 Å². The molecular weight excluding hydrogens is 386 g/mol. The number of benzene rings is 3. The molecule has 0 heterocycles. The molecule has 1 amide bonds. The molecule has 0 aromatic heterocycles. The smallest absolute Gasteiger partial charge is 0.251 e. The fraction of sp³-hybridized carbons (Fsp3) is 0.370. The van der Waals surface area contributed by atoms with Crippen LogP contribution in [0.1, 0.15) is 60.9 Å². The predicted molar refractivity (Wildman–Crippen MR) is 125 cm³/mol. The molecule has 4 rings (SSSR count). The van der Waals surface area contributed by atoms with Gasteiger partial charge >= 0.3 is 0 Å². The molecule has 0 saturated heterocycles. The summed E-state index contributed by atoms with van der Waals surface area (Å²) in [6, 6.07) is 20.0. The van der Waals surface area contributed by atoms with E-state index in [9.17, 15) is 4.79 Å². The third-order valence-electron chi connectivity index (χ3n) is 6.12. The summed E-state index contributed by atoms with van der Waals surface area (Å²) >= 11 is 0. The molecule has 3 aromatic rings. The van der Waals surface area contributed by atoms with Crippen LogP contribution >= 0.6 is 0 Å². The van der Waals surface area contributed by atoms with Crippen molar-refractivity contribution in [3.63, 3.8) is 0 Å². The summed E-state index contributed by atoms with van der Waals surface area (Å²) in [4.78, 5) is 12.9. The van der Waals surface area contributed by atoms with Gasteiger partial charge in [-0.3, -0.25) is 4.79 Å². The first-order valence-corrected chi connectivity index (χ1v) is 11.3. The Morgan fingerprint density at radius 3 is 2.45 bits per heavy atom. The lowest BCUT2D eigenvalue weighted by atomic mass is 9.96. The van der Waals surface area contributed by atoms with Gasteiger partial charge < -0.3 is 14.8 Å². The molecule has 0 unspecified atom stereocenters. The van der Waals surface area contributed by atoms with Crippen LogP contribution in [0.3, 0.4) is 0 Å². The molecule has 4 heteroatoms.